The van der Waals surface area contributed by atoms with Crippen LogP contribution in [0, 0.1) is 0 Å². The van der Waals surface area contributed by atoms with E-state index < -0.39 is 0 Å². The minimum Gasteiger partial charge on any atom is -0.493 e. The largest absolute Gasteiger partial charge is 0.493 e. The fourth-order valence-electron chi connectivity index (χ4n) is 3.52. The molecule has 0 bridgehead atoms. The topological polar surface area (TPSA) is 61.3 Å². The fraction of sp³-hybridized carbons (Fsp3) is 0.611. The van der Waals surface area contributed by atoms with Crippen LogP contribution in [0.3, 0.4) is 0 Å². The van der Waals surface area contributed by atoms with E-state index in [1.807, 2.05) is 18.2 Å². The average molecular weight is 332 g/mol. The van der Waals surface area contributed by atoms with Crippen LogP contribution < -0.4 is 14.8 Å². The summed E-state index contributed by atoms with van der Waals surface area (Å²) in [5.41, 5.74) is 1.72. The number of oxime groups is 1. The van der Waals surface area contributed by atoms with Gasteiger partial charge in [0, 0.05) is 24.9 Å². The Kier molecular flexibility index (Phi) is 4.33. The summed E-state index contributed by atoms with van der Waals surface area (Å²) in [7, 11) is 1.67. The van der Waals surface area contributed by atoms with Gasteiger partial charge in [-0.15, -0.1) is 0 Å². The molecule has 2 fully saturated rings. The maximum atomic E-state index is 6.19. The summed E-state index contributed by atoms with van der Waals surface area (Å²) in [5.74, 6) is 1.53. The molecule has 1 spiro atoms. The number of rotatable bonds is 4. The van der Waals surface area contributed by atoms with Gasteiger partial charge in [0.05, 0.1) is 26.0 Å². The predicted octanol–water partition coefficient (Wildman–Crippen LogP) is 2.11. The molecular formula is C18H24N2O4. The lowest BCUT2D eigenvalue weighted by molar-refractivity contribution is -0.0237. The maximum absolute atomic E-state index is 6.19. The smallest absolute Gasteiger partial charge is 0.168 e. The van der Waals surface area contributed by atoms with E-state index in [2.05, 4.69) is 10.5 Å². The molecule has 3 aliphatic rings. The summed E-state index contributed by atoms with van der Waals surface area (Å²) in [6, 6.07) is 5.98. The first kappa shape index (κ1) is 15.7. The highest BCUT2D eigenvalue weighted by Crippen LogP contribution is 2.36. The maximum Gasteiger partial charge on any atom is 0.168 e. The first-order chi connectivity index (χ1) is 11.8. The molecule has 4 rings (SSSR count). The van der Waals surface area contributed by atoms with E-state index >= 15 is 0 Å². The lowest BCUT2D eigenvalue weighted by atomic mass is 9.93. The lowest BCUT2D eigenvalue weighted by Gasteiger charge is -2.25. The molecule has 0 amide bonds. The third-order valence-corrected chi connectivity index (χ3v) is 4.95. The van der Waals surface area contributed by atoms with Gasteiger partial charge in [-0.3, -0.25) is 0 Å². The van der Waals surface area contributed by atoms with E-state index in [0.717, 1.165) is 68.2 Å². The van der Waals surface area contributed by atoms with Gasteiger partial charge >= 0.3 is 0 Å². The molecule has 3 heterocycles. The van der Waals surface area contributed by atoms with Crippen LogP contribution in [0.4, 0.5) is 0 Å². The van der Waals surface area contributed by atoms with E-state index in [-0.39, 0.29) is 11.7 Å². The third kappa shape index (κ3) is 3.08. The summed E-state index contributed by atoms with van der Waals surface area (Å²) in [4.78, 5) is 5.70. The highest BCUT2D eigenvalue weighted by Gasteiger charge is 2.43. The number of nitrogens with zero attached hydrogens (tertiary/aromatic N) is 1. The number of hydrogen-bond donors (Lipinski definition) is 1. The van der Waals surface area contributed by atoms with Crippen LogP contribution in [0.5, 0.6) is 11.5 Å². The zero-order valence-electron chi connectivity index (χ0n) is 14.0. The number of nitrogens with one attached hydrogen (secondary N) is 1. The Morgan fingerprint density at radius 2 is 2.29 bits per heavy atom. The second-order valence-corrected chi connectivity index (χ2v) is 6.74. The highest BCUT2D eigenvalue weighted by atomic mass is 16.7. The normalized spacial score (nSPS) is 29.4. The number of ether oxygens (including phenoxy) is 3. The van der Waals surface area contributed by atoms with Crippen LogP contribution >= 0.6 is 0 Å². The van der Waals surface area contributed by atoms with Crippen LogP contribution in [-0.4, -0.2) is 50.8 Å². The Labute approximate surface area is 142 Å². The number of hydrogen-bond acceptors (Lipinski definition) is 6. The minimum atomic E-state index is -0.260. The molecule has 130 valence electrons. The number of piperidine rings is 1. The van der Waals surface area contributed by atoms with Crippen molar-refractivity contribution in [1.29, 1.82) is 0 Å². The molecule has 2 unspecified atom stereocenters. The lowest BCUT2D eigenvalue weighted by Crippen LogP contribution is -2.37. The van der Waals surface area contributed by atoms with Crippen molar-refractivity contribution in [2.24, 2.45) is 5.16 Å². The van der Waals surface area contributed by atoms with Crippen molar-refractivity contribution < 1.29 is 19.0 Å². The molecule has 3 aliphatic heterocycles. The molecular weight excluding hydrogens is 308 g/mol. The van der Waals surface area contributed by atoms with Gasteiger partial charge in [-0.25, -0.2) is 0 Å². The van der Waals surface area contributed by atoms with Crippen molar-refractivity contribution in [2.45, 2.75) is 37.4 Å². The summed E-state index contributed by atoms with van der Waals surface area (Å²) in [6.45, 7) is 3.30. The van der Waals surface area contributed by atoms with Gasteiger partial charge in [0.1, 0.15) is 6.10 Å². The fourth-order valence-corrected chi connectivity index (χ4v) is 3.52. The second-order valence-electron chi connectivity index (χ2n) is 6.74. The number of benzene rings is 1. The summed E-state index contributed by atoms with van der Waals surface area (Å²) < 4.78 is 17.1. The molecule has 0 saturated carbocycles. The zero-order valence-corrected chi connectivity index (χ0v) is 14.0. The quantitative estimate of drug-likeness (QED) is 0.915. The van der Waals surface area contributed by atoms with Gasteiger partial charge in [-0.1, -0.05) is 5.16 Å². The first-order valence-corrected chi connectivity index (χ1v) is 8.67. The van der Waals surface area contributed by atoms with Gasteiger partial charge in [0.15, 0.2) is 17.1 Å². The van der Waals surface area contributed by atoms with Gasteiger partial charge in [-0.2, -0.15) is 0 Å². The summed E-state index contributed by atoms with van der Waals surface area (Å²) >= 11 is 0. The molecule has 6 nitrogen and oxygen atoms in total. The molecule has 0 radical (unpaired) electrons. The van der Waals surface area contributed by atoms with Crippen LogP contribution in [0.15, 0.2) is 23.4 Å². The molecule has 2 atom stereocenters. The Morgan fingerprint density at radius 3 is 3.04 bits per heavy atom. The van der Waals surface area contributed by atoms with Crippen molar-refractivity contribution in [2.75, 3.05) is 33.4 Å². The van der Waals surface area contributed by atoms with Gasteiger partial charge in [0.25, 0.3) is 0 Å². The van der Waals surface area contributed by atoms with E-state index in [1.165, 1.54) is 0 Å². The molecule has 6 heteroatoms. The van der Waals surface area contributed by atoms with Gasteiger partial charge in [-0.05, 0) is 37.6 Å². The van der Waals surface area contributed by atoms with Crippen molar-refractivity contribution >= 4 is 5.71 Å². The Balaban J connectivity index is 1.52. The molecule has 1 aromatic carbocycles. The molecule has 1 N–H and O–H groups in total. The molecule has 1 aromatic rings. The van der Waals surface area contributed by atoms with E-state index in [9.17, 15) is 0 Å². The predicted molar refractivity (Wildman–Crippen MR) is 89.9 cm³/mol. The Morgan fingerprint density at radius 1 is 1.33 bits per heavy atom. The molecule has 0 aromatic heterocycles. The monoisotopic (exact) mass is 332 g/mol. The summed E-state index contributed by atoms with van der Waals surface area (Å²) in [6.07, 6.45) is 4.05. The SMILES string of the molecule is COc1ccc(C2=NOC3(CCOC3)C2)cc1OC1CCCNC1. The minimum absolute atomic E-state index is 0.180. The Bertz CT molecular complexity index is 619. The zero-order chi connectivity index (χ0) is 16.4. The number of methoxy groups -OCH3 is 1. The summed E-state index contributed by atoms with van der Waals surface area (Å²) in [5, 5.41) is 7.68. The van der Waals surface area contributed by atoms with Crippen LogP contribution in [0.1, 0.15) is 31.2 Å². The molecule has 2 saturated heterocycles. The Hall–Kier alpha value is -1.79. The van der Waals surface area contributed by atoms with Crippen molar-refractivity contribution in [3.63, 3.8) is 0 Å². The van der Waals surface area contributed by atoms with Gasteiger partial charge < -0.3 is 24.4 Å². The van der Waals surface area contributed by atoms with E-state index in [0.29, 0.717) is 6.61 Å². The van der Waals surface area contributed by atoms with E-state index in [1.54, 1.807) is 7.11 Å². The van der Waals surface area contributed by atoms with Gasteiger partial charge in [0.2, 0.25) is 0 Å². The first-order valence-electron chi connectivity index (χ1n) is 8.67. The molecule has 0 aliphatic carbocycles. The molecule has 24 heavy (non-hydrogen) atoms. The van der Waals surface area contributed by atoms with Crippen molar-refractivity contribution in [3.8, 4) is 11.5 Å². The highest BCUT2D eigenvalue weighted by molar-refractivity contribution is 6.02. The van der Waals surface area contributed by atoms with Crippen LogP contribution in [-0.2, 0) is 9.57 Å². The van der Waals surface area contributed by atoms with Crippen LogP contribution in [0.2, 0.25) is 0 Å². The van der Waals surface area contributed by atoms with Crippen molar-refractivity contribution in [1.82, 2.24) is 5.32 Å². The second kappa shape index (κ2) is 6.61. The van der Waals surface area contributed by atoms with E-state index in [4.69, 9.17) is 19.0 Å². The standard InChI is InChI=1S/C18H24N2O4/c1-21-16-5-4-13(9-17(16)23-14-3-2-7-19-11-14)15-10-18(24-20-15)6-8-22-12-18/h4-5,9,14,19H,2-3,6-8,10-12H2,1H3. The average Bonchev–Trinajstić information content (AvgIpc) is 3.26. The van der Waals surface area contributed by atoms with Crippen LogP contribution in [0.25, 0.3) is 0 Å². The third-order valence-electron chi connectivity index (χ3n) is 4.95. The van der Waals surface area contributed by atoms with Crippen molar-refractivity contribution in [3.05, 3.63) is 23.8 Å².